The SMILES string of the molecule is COC(=O)[C@@H](N)CC(=O)c1cccs1. The number of methoxy groups -OCH3 is 1. The fraction of sp³-hybridized carbons (Fsp3) is 0.333. The topological polar surface area (TPSA) is 69.4 Å². The number of esters is 1. The van der Waals surface area contributed by atoms with E-state index in [0.717, 1.165) is 0 Å². The van der Waals surface area contributed by atoms with E-state index < -0.39 is 12.0 Å². The van der Waals surface area contributed by atoms with Gasteiger partial charge in [-0.25, -0.2) is 0 Å². The third-order valence-electron chi connectivity index (χ3n) is 1.71. The Balaban J connectivity index is 2.53. The predicted octanol–water partition coefficient (Wildman–Crippen LogP) is 0.821. The molecule has 0 aromatic carbocycles. The summed E-state index contributed by atoms with van der Waals surface area (Å²) < 4.78 is 4.42. The third-order valence-corrected chi connectivity index (χ3v) is 2.62. The quantitative estimate of drug-likeness (QED) is 0.594. The summed E-state index contributed by atoms with van der Waals surface area (Å²) in [6.07, 6.45) is -0.00676. The van der Waals surface area contributed by atoms with E-state index in [0.29, 0.717) is 4.88 Å². The molecule has 14 heavy (non-hydrogen) atoms. The lowest BCUT2D eigenvalue weighted by molar-refractivity contribution is -0.142. The second-order valence-corrected chi connectivity index (χ2v) is 3.68. The fourth-order valence-electron chi connectivity index (χ4n) is 0.972. The maximum Gasteiger partial charge on any atom is 0.323 e. The molecule has 0 amide bonds. The van der Waals surface area contributed by atoms with Crippen molar-refractivity contribution in [3.8, 4) is 0 Å². The highest BCUT2D eigenvalue weighted by Gasteiger charge is 2.19. The van der Waals surface area contributed by atoms with Crippen LogP contribution in [0, 0.1) is 0 Å². The molecule has 0 bridgehead atoms. The number of nitrogens with two attached hydrogens (primary N) is 1. The number of hydrogen-bond acceptors (Lipinski definition) is 5. The van der Waals surface area contributed by atoms with Crippen molar-refractivity contribution >= 4 is 23.1 Å². The molecule has 0 aliphatic rings. The molecule has 76 valence electrons. The largest absolute Gasteiger partial charge is 0.468 e. The Hall–Kier alpha value is -1.20. The Kier molecular flexibility index (Phi) is 3.79. The molecule has 1 heterocycles. The van der Waals surface area contributed by atoms with E-state index in [1.807, 2.05) is 0 Å². The summed E-state index contributed by atoms with van der Waals surface area (Å²) in [7, 11) is 1.25. The molecule has 0 saturated carbocycles. The van der Waals surface area contributed by atoms with Gasteiger partial charge in [-0.1, -0.05) is 6.07 Å². The van der Waals surface area contributed by atoms with Gasteiger partial charge in [0.05, 0.1) is 12.0 Å². The van der Waals surface area contributed by atoms with Crippen molar-refractivity contribution < 1.29 is 14.3 Å². The Labute approximate surface area is 85.7 Å². The van der Waals surface area contributed by atoms with Gasteiger partial charge < -0.3 is 10.5 Å². The van der Waals surface area contributed by atoms with Crippen molar-refractivity contribution in [2.24, 2.45) is 5.73 Å². The van der Waals surface area contributed by atoms with Crippen molar-refractivity contribution in [1.29, 1.82) is 0 Å². The molecule has 0 spiro atoms. The van der Waals surface area contributed by atoms with Crippen molar-refractivity contribution in [2.45, 2.75) is 12.5 Å². The molecule has 0 radical (unpaired) electrons. The molecular weight excluding hydrogens is 202 g/mol. The number of thiophene rings is 1. The molecule has 1 rings (SSSR count). The summed E-state index contributed by atoms with van der Waals surface area (Å²) in [5.41, 5.74) is 5.44. The minimum Gasteiger partial charge on any atom is -0.468 e. The van der Waals surface area contributed by atoms with Crippen LogP contribution in [0.3, 0.4) is 0 Å². The summed E-state index contributed by atoms with van der Waals surface area (Å²) >= 11 is 1.34. The normalized spacial score (nSPS) is 12.1. The number of carbonyl (C=O) groups is 2. The Morgan fingerprint density at radius 1 is 1.64 bits per heavy atom. The van der Waals surface area contributed by atoms with Crippen LogP contribution < -0.4 is 5.73 Å². The summed E-state index contributed by atoms with van der Waals surface area (Å²) in [4.78, 5) is 23.0. The molecule has 0 fully saturated rings. The van der Waals surface area contributed by atoms with E-state index in [1.165, 1.54) is 18.4 Å². The van der Waals surface area contributed by atoms with Crippen molar-refractivity contribution in [1.82, 2.24) is 0 Å². The Morgan fingerprint density at radius 2 is 2.36 bits per heavy atom. The lowest BCUT2D eigenvalue weighted by Crippen LogP contribution is -2.33. The number of carbonyl (C=O) groups excluding carboxylic acids is 2. The molecule has 0 aliphatic heterocycles. The van der Waals surface area contributed by atoms with Crippen LogP contribution in [0.1, 0.15) is 16.1 Å². The first-order chi connectivity index (χ1) is 6.65. The molecule has 0 unspecified atom stereocenters. The van der Waals surface area contributed by atoms with Gasteiger partial charge in [0.2, 0.25) is 0 Å². The lowest BCUT2D eigenvalue weighted by atomic mass is 10.1. The zero-order valence-corrected chi connectivity index (χ0v) is 8.54. The summed E-state index contributed by atoms with van der Waals surface area (Å²) in [6, 6.07) is 2.62. The molecule has 1 aromatic heterocycles. The zero-order valence-electron chi connectivity index (χ0n) is 7.73. The van der Waals surface area contributed by atoms with Gasteiger partial charge in [0.25, 0.3) is 0 Å². The summed E-state index contributed by atoms with van der Waals surface area (Å²) in [5.74, 6) is -0.687. The molecule has 0 saturated heterocycles. The Bertz CT molecular complexity index is 321. The van der Waals surface area contributed by atoms with Gasteiger partial charge in [-0.05, 0) is 11.4 Å². The van der Waals surface area contributed by atoms with E-state index in [4.69, 9.17) is 5.73 Å². The van der Waals surface area contributed by atoms with Crippen LogP contribution in [0.2, 0.25) is 0 Å². The lowest BCUT2D eigenvalue weighted by Gasteiger charge is -2.06. The molecular formula is C9H11NO3S. The molecule has 0 aliphatic carbocycles. The van der Waals surface area contributed by atoms with Crippen LogP contribution in [0.4, 0.5) is 0 Å². The van der Waals surface area contributed by atoms with Crippen LogP contribution in [0.25, 0.3) is 0 Å². The Morgan fingerprint density at radius 3 is 2.86 bits per heavy atom. The standard InChI is InChI=1S/C9H11NO3S/c1-13-9(12)6(10)5-7(11)8-3-2-4-14-8/h2-4,6H,5,10H2,1H3/t6-/m0/s1. The predicted molar refractivity (Wildman–Crippen MR) is 53.3 cm³/mol. The molecule has 5 heteroatoms. The number of hydrogen-bond donors (Lipinski definition) is 1. The van der Waals surface area contributed by atoms with Crippen LogP contribution in [-0.4, -0.2) is 24.9 Å². The number of ether oxygens (including phenoxy) is 1. The van der Waals surface area contributed by atoms with Crippen molar-refractivity contribution in [3.05, 3.63) is 22.4 Å². The first kappa shape index (κ1) is 10.9. The fourth-order valence-corrected chi connectivity index (χ4v) is 1.65. The van der Waals surface area contributed by atoms with Crippen LogP contribution in [-0.2, 0) is 9.53 Å². The second-order valence-electron chi connectivity index (χ2n) is 2.73. The first-order valence-corrected chi connectivity index (χ1v) is 4.93. The minimum atomic E-state index is -0.866. The maximum absolute atomic E-state index is 11.5. The van der Waals surface area contributed by atoms with Crippen LogP contribution in [0.15, 0.2) is 17.5 Å². The number of rotatable bonds is 4. The van der Waals surface area contributed by atoms with Gasteiger partial charge in [0.1, 0.15) is 6.04 Å². The van der Waals surface area contributed by atoms with Gasteiger partial charge in [-0.15, -0.1) is 11.3 Å². The van der Waals surface area contributed by atoms with E-state index in [9.17, 15) is 9.59 Å². The van der Waals surface area contributed by atoms with Gasteiger partial charge in [-0.2, -0.15) is 0 Å². The van der Waals surface area contributed by atoms with E-state index in [2.05, 4.69) is 4.74 Å². The van der Waals surface area contributed by atoms with Crippen LogP contribution in [0.5, 0.6) is 0 Å². The molecule has 2 N–H and O–H groups in total. The highest BCUT2D eigenvalue weighted by molar-refractivity contribution is 7.12. The third kappa shape index (κ3) is 2.65. The smallest absolute Gasteiger partial charge is 0.323 e. The summed E-state index contributed by atoms with van der Waals surface area (Å²) in [5, 5.41) is 1.80. The van der Waals surface area contributed by atoms with Gasteiger partial charge >= 0.3 is 5.97 Å². The molecule has 1 aromatic rings. The van der Waals surface area contributed by atoms with Crippen molar-refractivity contribution in [3.63, 3.8) is 0 Å². The zero-order chi connectivity index (χ0) is 10.6. The van der Waals surface area contributed by atoms with E-state index >= 15 is 0 Å². The number of Topliss-reactive ketones (excluding diaryl/α,β-unsaturated/α-hetero) is 1. The monoisotopic (exact) mass is 213 g/mol. The highest BCUT2D eigenvalue weighted by Crippen LogP contribution is 2.12. The second kappa shape index (κ2) is 4.88. The van der Waals surface area contributed by atoms with Gasteiger partial charge in [0.15, 0.2) is 5.78 Å². The number of ketones is 1. The van der Waals surface area contributed by atoms with E-state index in [-0.39, 0.29) is 12.2 Å². The molecule has 1 atom stereocenters. The maximum atomic E-state index is 11.5. The van der Waals surface area contributed by atoms with Crippen LogP contribution >= 0.6 is 11.3 Å². The first-order valence-electron chi connectivity index (χ1n) is 4.05. The molecule has 4 nitrogen and oxygen atoms in total. The van der Waals surface area contributed by atoms with E-state index in [1.54, 1.807) is 17.5 Å². The summed E-state index contributed by atoms with van der Waals surface area (Å²) in [6.45, 7) is 0. The van der Waals surface area contributed by atoms with Crippen molar-refractivity contribution in [2.75, 3.05) is 7.11 Å². The van der Waals surface area contributed by atoms with Gasteiger partial charge in [-0.3, -0.25) is 9.59 Å². The van der Waals surface area contributed by atoms with Gasteiger partial charge in [0, 0.05) is 6.42 Å². The minimum absolute atomic E-state index is 0.00676. The highest BCUT2D eigenvalue weighted by atomic mass is 32.1. The average molecular weight is 213 g/mol. The average Bonchev–Trinajstić information content (AvgIpc) is 2.69.